The van der Waals surface area contributed by atoms with E-state index in [4.69, 9.17) is 9.84 Å². The minimum atomic E-state index is -1.29. The van der Waals surface area contributed by atoms with Crippen LogP contribution in [0.15, 0.2) is 42.5 Å². The number of carboxylic acid groups (broad SMARTS) is 1. The molecule has 0 amide bonds. The molecule has 0 aliphatic heterocycles. The molecular weight excluding hydrogens is 240 g/mol. The van der Waals surface area contributed by atoms with E-state index in [1.54, 1.807) is 6.07 Å². The van der Waals surface area contributed by atoms with Crippen molar-refractivity contribution in [3.05, 3.63) is 53.6 Å². The van der Waals surface area contributed by atoms with Gasteiger partial charge in [0.05, 0.1) is 0 Å². The summed E-state index contributed by atoms with van der Waals surface area (Å²) in [4.78, 5) is 10.7. The highest BCUT2D eigenvalue weighted by Crippen LogP contribution is 2.32. The molecule has 0 spiro atoms. The van der Waals surface area contributed by atoms with Crippen molar-refractivity contribution in [3.63, 3.8) is 0 Å². The quantitative estimate of drug-likeness (QED) is 0.658. The molecule has 98 valence electrons. The van der Waals surface area contributed by atoms with Gasteiger partial charge >= 0.3 is 6.16 Å². The number of carbonyl (C=O) groups is 1. The normalized spacial score (nSPS) is 10.2. The fourth-order valence-corrected chi connectivity index (χ4v) is 2.20. The molecule has 3 heteroatoms. The molecule has 19 heavy (non-hydrogen) atoms. The summed E-state index contributed by atoms with van der Waals surface area (Å²) in [5.41, 5.74) is 4.21. The molecule has 3 nitrogen and oxygen atoms in total. The maximum atomic E-state index is 10.7. The zero-order valence-electron chi connectivity index (χ0n) is 11.0. The van der Waals surface area contributed by atoms with Crippen molar-refractivity contribution < 1.29 is 14.6 Å². The zero-order chi connectivity index (χ0) is 13.8. The van der Waals surface area contributed by atoms with Crippen LogP contribution >= 0.6 is 0 Å². The van der Waals surface area contributed by atoms with Crippen molar-refractivity contribution >= 4 is 6.16 Å². The highest BCUT2D eigenvalue weighted by molar-refractivity contribution is 5.74. The van der Waals surface area contributed by atoms with Gasteiger partial charge in [0.15, 0.2) is 0 Å². The third-order valence-electron chi connectivity index (χ3n) is 3.17. The Morgan fingerprint density at radius 3 is 2.47 bits per heavy atom. The Hall–Kier alpha value is -2.29. The van der Waals surface area contributed by atoms with Crippen LogP contribution in [0.2, 0.25) is 0 Å². The molecule has 2 aromatic carbocycles. The van der Waals surface area contributed by atoms with Crippen molar-refractivity contribution in [2.45, 2.75) is 20.3 Å². The van der Waals surface area contributed by atoms with Crippen LogP contribution in [-0.2, 0) is 6.42 Å². The lowest BCUT2D eigenvalue weighted by Gasteiger charge is -2.13. The third-order valence-corrected chi connectivity index (χ3v) is 3.17. The van der Waals surface area contributed by atoms with E-state index in [2.05, 4.69) is 13.0 Å². The van der Waals surface area contributed by atoms with E-state index in [-0.39, 0.29) is 0 Å². The number of rotatable bonds is 3. The molecule has 0 radical (unpaired) electrons. The standard InChI is InChI=1S/C16H16O3/c1-3-12-7-4-5-8-14(12)13-9-6-10-15(11(13)2)19-16(17)18/h4-10H,3H2,1-2H3,(H,17,18). The van der Waals surface area contributed by atoms with E-state index in [0.717, 1.165) is 23.1 Å². The third kappa shape index (κ3) is 2.76. The van der Waals surface area contributed by atoms with E-state index >= 15 is 0 Å². The van der Waals surface area contributed by atoms with Gasteiger partial charge in [-0.15, -0.1) is 0 Å². The smallest absolute Gasteiger partial charge is 0.449 e. The first-order valence-electron chi connectivity index (χ1n) is 6.22. The summed E-state index contributed by atoms with van der Waals surface area (Å²) in [7, 11) is 0. The van der Waals surface area contributed by atoms with Gasteiger partial charge in [-0.05, 0) is 41.7 Å². The van der Waals surface area contributed by atoms with Crippen LogP contribution < -0.4 is 4.74 Å². The van der Waals surface area contributed by atoms with Crippen molar-refractivity contribution in [1.29, 1.82) is 0 Å². The molecule has 0 saturated carbocycles. The van der Waals surface area contributed by atoms with Gasteiger partial charge in [-0.2, -0.15) is 0 Å². The fraction of sp³-hybridized carbons (Fsp3) is 0.188. The maximum Gasteiger partial charge on any atom is 0.511 e. The van der Waals surface area contributed by atoms with Gasteiger partial charge in [0, 0.05) is 0 Å². The van der Waals surface area contributed by atoms with Crippen LogP contribution in [0.5, 0.6) is 5.75 Å². The largest absolute Gasteiger partial charge is 0.511 e. The Kier molecular flexibility index (Phi) is 3.85. The lowest BCUT2D eigenvalue weighted by Crippen LogP contribution is -2.04. The summed E-state index contributed by atoms with van der Waals surface area (Å²) in [5, 5.41) is 8.73. The Labute approximate surface area is 112 Å². The lowest BCUT2D eigenvalue weighted by molar-refractivity contribution is 0.144. The molecule has 0 bridgehead atoms. The van der Waals surface area contributed by atoms with Crippen LogP contribution in [-0.4, -0.2) is 11.3 Å². The molecule has 1 N–H and O–H groups in total. The summed E-state index contributed by atoms with van der Waals surface area (Å²) in [6.45, 7) is 3.98. The lowest BCUT2D eigenvalue weighted by atomic mass is 9.94. The van der Waals surface area contributed by atoms with Crippen LogP contribution in [0, 0.1) is 6.92 Å². The van der Waals surface area contributed by atoms with Gasteiger partial charge in [0.25, 0.3) is 0 Å². The summed E-state index contributed by atoms with van der Waals surface area (Å²) >= 11 is 0. The van der Waals surface area contributed by atoms with Crippen molar-refractivity contribution in [3.8, 4) is 16.9 Å². The van der Waals surface area contributed by atoms with E-state index in [1.165, 1.54) is 5.56 Å². The SMILES string of the molecule is CCc1ccccc1-c1cccc(OC(=O)O)c1C. The van der Waals surface area contributed by atoms with E-state index in [0.29, 0.717) is 5.75 Å². The highest BCUT2D eigenvalue weighted by Gasteiger charge is 2.11. The van der Waals surface area contributed by atoms with Crippen molar-refractivity contribution in [2.75, 3.05) is 0 Å². The topological polar surface area (TPSA) is 46.5 Å². The van der Waals surface area contributed by atoms with E-state index in [9.17, 15) is 4.79 Å². The second-order valence-electron chi connectivity index (χ2n) is 4.31. The zero-order valence-corrected chi connectivity index (χ0v) is 11.0. The number of hydrogen-bond donors (Lipinski definition) is 1. The van der Waals surface area contributed by atoms with Gasteiger partial charge in [-0.1, -0.05) is 43.3 Å². The van der Waals surface area contributed by atoms with Gasteiger partial charge in [-0.3, -0.25) is 0 Å². The molecule has 0 fully saturated rings. The van der Waals surface area contributed by atoms with Gasteiger partial charge in [-0.25, -0.2) is 4.79 Å². The second-order valence-corrected chi connectivity index (χ2v) is 4.31. The molecule has 2 aromatic rings. The van der Waals surface area contributed by atoms with Crippen LogP contribution in [0.25, 0.3) is 11.1 Å². The van der Waals surface area contributed by atoms with Gasteiger partial charge in [0.2, 0.25) is 0 Å². The summed E-state index contributed by atoms with van der Waals surface area (Å²) < 4.78 is 4.80. The monoisotopic (exact) mass is 256 g/mol. The maximum absolute atomic E-state index is 10.7. The van der Waals surface area contributed by atoms with Crippen molar-refractivity contribution in [1.82, 2.24) is 0 Å². The number of hydrogen-bond acceptors (Lipinski definition) is 2. The fourth-order valence-electron chi connectivity index (χ4n) is 2.20. The average molecular weight is 256 g/mol. The predicted octanol–water partition coefficient (Wildman–Crippen LogP) is 4.28. The average Bonchev–Trinajstić information content (AvgIpc) is 2.41. The number of aryl methyl sites for hydroxylation is 1. The molecular formula is C16H16O3. The van der Waals surface area contributed by atoms with Crippen LogP contribution in [0.1, 0.15) is 18.1 Å². The Morgan fingerprint density at radius 1 is 1.11 bits per heavy atom. The molecule has 0 aliphatic carbocycles. The number of ether oxygens (including phenoxy) is 1. The summed E-state index contributed by atoms with van der Waals surface area (Å²) in [6.07, 6.45) is -0.358. The van der Waals surface area contributed by atoms with Crippen LogP contribution in [0.4, 0.5) is 4.79 Å². The Morgan fingerprint density at radius 2 is 1.79 bits per heavy atom. The first kappa shape index (κ1) is 13.1. The summed E-state index contributed by atoms with van der Waals surface area (Å²) in [5.74, 6) is 0.385. The number of benzene rings is 2. The highest BCUT2D eigenvalue weighted by atomic mass is 16.7. The van der Waals surface area contributed by atoms with E-state index < -0.39 is 6.16 Å². The molecule has 0 aliphatic rings. The molecule has 0 saturated heterocycles. The Bertz CT molecular complexity index is 603. The second kappa shape index (κ2) is 5.57. The molecule has 0 unspecified atom stereocenters. The van der Waals surface area contributed by atoms with Crippen molar-refractivity contribution in [2.24, 2.45) is 0 Å². The minimum absolute atomic E-state index is 0.385. The molecule has 0 aromatic heterocycles. The predicted molar refractivity (Wildman–Crippen MR) is 74.6 cm³/mol. The first-order chi connectivity index (χ1) is 9.13. The van der Waals surface area contributed by atoms with Gasteiger partial charge < -0.3 is 9.84 Å². The molecule has 2 rings (SSSR count). The summed E-state index contributed by atoms with van der Waals surface area (Å²) in [6, 6.07) is 13.6. The first-order valence-corrected chi connectivity index (χ1v) is 6.22. The van der Waals surface area contributed by atoms with Gasteiger partial charge in [0.1, 0.15) is 5.75 Å². The molecule has 0 heterocycles. The molecule has 0 atom stereocenters. The minimum Gasteiger partial charge on any atom is -0.449 e. The van der Waals surface area contributed by atoms with Crippen LogP contribution in [0.3, 0.4) is 0 Å². The van der Waals surface area contributed by atoms with E-state index in [1.807, 2.05) is 37.3 Å². The Balaban J connectivity index is 2.53.